The van der Waals surface area contributed by atoms with E-state index in [0.29, 0.717) is 0 Å². The predicted octanol–water partition coefficient (Wildman–Crippen LogP) is -0.572. The first-order valence-electron chi connectivity index (χ1n) is 10.7. The summed E-state index contributed by atoms with van der Waals surface area (Å²) in [4.78, 5) is 36.1. The largest absolute Gasteiger partial charge is 0.464 e. The van der Waals surface area contributed by atoms with E-state index >= 15 is 0 Å². The van der Waals surface area contributed by atoms with Crippen molar-refractivity contribution in [3.05, 3.63) is 40.2 Å². The Morgan fingerprint density at radius 1 is 1.27 bits per heavy atom. The zero-order chi connectivity index (χ0) is 27.7. The van der Waals surface area contributed by atoms with Gasteiger partial charge < -0.3 is 44.4 Å². The zero-order valence-electron chi connectivity index (χ0n) is 19.4. The maximum absolute atomic E-state index is 13.4. The predicted molar refractivity (Wildman–Crippen MR) is 115 cm³/mol. The SMILES string of the molecule is COC(=O)[C@@]1(Oc2ccc3c(C(F)(F)F)cc(=O)oc3c2)C[C@H](O)[C@@H](NC(C)=O)[C@H](C(O)[C@H](O)CO)O1. The number of hydrogen-bond acceptors (Lipinski definition) is 11. The minimum absolute atomic E-state index is 0.278. The van der Waals surface area contributed by atoms with Crippen molar-refractivity contribution in [3.8, 4) is 5.75 Å². The van der Waals surface area contributed by atoms with Crippen LogP contribution in [0.3, 0.4) is 0 Å². The van der Waals surface area contributed by atoms with E-state index in [2.05, 4.69) is 5.32 Å². The van der Waals surface area contributed by atoms with Gasteiger partial charge >= 0.3 is 23.6 Å². The third-order valence-electron chi connectivity index (χ3n) is 5.66. The van der Waals surface area contributed by atoms with Crippen LogP contribution in [0.5, 0.6) is 5.75 Å². The van der Waals surface area contributed by atoms with Crippen LogP contribution in [-0.4, -0.2) is 82.3 Å². The van der Waals surface area contributed by atoms with Crippen LogP contribution in [0.2, 0.25) is 0 Å². The molecule has 1 aliphatic rings. The second kappa shape index (κ2) is 10.6. The maximum atomic E-state index is 13.4. The molecule has 1 aromatic carbocycles. The number of alkyl halides is 3. The number of benzene rings is 1. The van der Waals surface area contributed by atoms with Crippen LogP contribution in [0.1, 0.15) is 18.9 Å². The van der Waals surface area contributed by atoms with E-state index in [-0.39, 0.29) is 11.8 Å². The molecule has 2 aromatic rings. The summed E-state index contributed by atoms with van der Waals surface area (Å²) in [6, 6.07) is 1.69. The molecule has 0 radical (unpaired) electrons. The molecule has 1 fully saturated rings. The van der Waals surface area contributed by atoms with Gasteiger partial charge in [-0.15, -0.1) is 0 Å². The molecule has 1 saturated heterocycles. The summed E-state index contributed by atoms with van der Waals surface area (Å²) < 4.78 is 60.9. The summed E-state index contributed by atoms with van der Waals surface area (Å²) in [6.07, 6.45) is -12.8. The lowest BCUT2D eigenvalue weighted by atomic mass is 9.88. The van der Waals surface area contributed by atoms with E-state index < -0.39 is 89.5 Å². The molecule has 0 bridgehead atoms. The maximum Gasteiger partial charge on any atom is 0.417 e. The summed E-state index contributed by atoms with van der Waals surface area (Å²) >= 11 is 0. The topological polar surface area (TPSA) is 185 Å². The average Bonchev–Trinajstić information content (AvgIpc) is 2.82. The zero-order valence-corrected chi connectivity index (χ0v) is 19.4. The monoisotopic (exact) mass is 535 g/mol. The van der Waals surface area contributed by atoms with Gasteiger partial charge in [-0.05, 0) is 12.1 Å². The number of ether oxygens (including phenoxy) is 3. The number of amides is 1. The lowest BCUT2D eigenvalue weighted by Gasteiger charge is -2.46. The van der Waals surface area contributed by atoms with Crippen molar-refractivity contribution < 1.29 is 61.8 Å². The fourth-order valence-corrected chi connectivity index (χ4v) is 4.01. The number of esters is 1. The van der Waals surface area contributed by atoms with Gasteiger partial charge in [-0.1, -0.05) is 0 Å². The number of aliphatic hydroxyl groups is 4. The molecule has 37 heavy (non-hydrogen) atoms. The van der Waals surface area contributed by atoms with Crippen LogP contribution in [0.25, 0.3) is 11.0 Å². The first kappa shape index (κ1) is 28.3. The van der Waals surface area contributed by atoms with Crippen LogP contribution in [0.15, 0.2) is 33.5 Å². The molecule has 15 heteroatoms. The van der Waals surface area contributed by atoms with Crippen molar-refractivity contribution in [3.63, 3.8) is 0 Å². The molecule has 0 saturated carbocycles. The fourth-order valence-electron chi connectivity index (χ4n) is 4.01. The Morgan fingerprint density at radius 2 is 1.95 bits per heavy atom. The van der Waals surface area contributed by atoms with E-state index in [0.717, 1.165) is 32.2 Å². The van der Waals surface area contributed by atoms with Crippen LogP contribution in [-0.2, 0) is 25.2 Å². The van der Waals surface area contributed by atoms with Crippen LogP contribution in [0.4, 0.5) is 13.2 Å². The summed E-state index contributed by atoms with van der Waals surface area (Å²) in [6.45, 7) is 0.136. The lowest BCUT2D eigenvalue weighted by molar-refractivity contribution is -0.285. The fraction of sp³-hybridized carbons (Fsp3) is 0.500. The first-order valence-corrected chi connectivity index (χ1v) is 10.7. The number of methoxy groups -OCH3 is 1. The highest BCUT2D eigenvalue weighted by Gasteiger charge is 2.57. The summed E-state index contributed by atoms with van der Waals surface area (Å²) in [5, 5.41) is 42.3. The van der Waals surface area contributed by atoms with Gasteiger partial charge in [0.05, 0.1) is 37.8 Å². The summed E-state index contributed by atoms with van der Waals surface area (Å²) in [5.41, 5.74) is -3.11. The number of aliphatic hydroxyl groups excluding tert-OH is 4. The molecule has 0 aliphatic carbocycles. The molecule has 1 amide bonds. The van der Waals surface area contributed by atoms with Crippen molar-refractivity contribution in [1.29, 1.82) is 0 Å². The molecular formula is C22H24F3NO11. The second-order valence-corrected chi connectivity index (χ2v) is 8.30. The van der Waals surface area contributed by atoms with E-state index in [4.69, 9.17) is 18.6 Å². The molecule has 2 heterocycles. The average molecular weight is 535 g/mol. The highest BCUT2D eigenvalue weighted by atomic mass is 19.4. The van der Waals surface area contributed by atoms with Gasteiger partial charge in [0.15, 0.2) is 0 Å². The molecule has 1 aromatic heterocycles. The molecule has 1 aliphatic heterocycles. The second-order valence-electron chi connectivity index (χ2n) is 8.30. The van der Waals surface area contributed by atoms with Crippen LogP contribution in [0, 0.1) is 0 Å². The Labute approximate surface area is 206 Å². The van der Waals surface area contributed by atoms with Crippen LogP contribution >= 0.6 is 0 Å². The standard InChI is InChI=1S/C22H24F3NO11/c1-9(28)26-17-13(29)7-21(20(33)34-2,37-19(17)18(32)14(30)8-27)36-10-3-4-11-12(22(23,24)25)6-16(31)35-15(11)5-10/h3-6,13-14,17-19,27,29-30,32H,7-8H2,1-2H3,(H,26,28)/t13-,14+,17+,18?,19+,21+/m0/s1. The number of halogens is 3. The molecule has 1 unspecified atom stereocenters. The molecule has 204 valence electrons. The highest BCUT2D eigenvalue weighted by molar-refractivity contribution is 5.83. The summed E-state index contributed by atoms with van der Waals surface area (Å²) in [5.74, 6) is -4.84. The van der Waals surface area contributed by atoms with Gasteiger partial charge in [0, 0.05) is 24.4 Å². The number of carbonyl (C=O) groups excluding carboxylic acids is 2. The third kappa shape index (κ3) is 5.86. The molecule has 0 spiro atoms. The van der Waals surface area contributed by atoms with Crippen LogP contribution < -0.4 is 15.7 Å². The Kier molecular flexibility index (Phi) is 8.14. The van der Waals surface area contributed by atoms with Gasteiger partial charge in [0.1, 0.15) is 29.6 Å². The van der Waals surface area contributed by atoms with Gasteiger partial charge in [0.2, 0.25) is 5.91 Å². The normalized spacial score (nSPS) is 25.8. The van der Waals surface area contributed by atoms with Crippen molar-refractivity contribution in [2.75, 3.05) is 13.7 Å². The van der Waals surface area contributed by atoms with E-state index in [1.54, 1.807) is 0 Å². The minimum Gasteiger partial charge on any atom is -0.464 e. The number of hydrogen-bond donors (Lipinski definition) is 5. The number of fused-ring (bicyclic) bond motifs is 1. The van der Waals surface area contributed by atoms with E-state index in [1.165, 1.54) is 0 Å². The van der Waals surface area contributed by atoms with Gasteiger partial charge in [-0.2, -0.15) is 13.2 Å². The lowest BCUT2D eigenvalue weighted by Crippen LogP contribution is -2.68. The van der Waals surface area contributed by atoms with Crippen molar-refractivity contribution in [1.82, 2.24) is 5.32 Å². The quantitative estimate of drug-likeness (QED) is 0.226. The number of nitrogens with one attached hydrogen (secondary N) is 1. The third-order valence-corrected chi connectivity index (χ3v) is 5.66. The Morgan fingerprint density at radius 3 is 2.51 bits per heavy atom. The Bertz CT molecular complexity index is 1220. The van der Waals surface area contributed by atoms with Gasteiger partial charge in [0.25, 0.3) is 0 Å². The van der Waals surface area contributed by atoms with E-state index in [1.807, 2.05) is 0 Å². The molecular weight excluding hydrogens is 511 g/mol. The molecule has 3 rings (SSSR count). The minimum atomic E-state index is -4.88. The first-order chi connectivity index (χ1) is 17.2. The van der Waals surface area contributed by atoms with E-state index in [9.17, 15) is 48.0 Å². The summed E-state index contributed by atoms with van der Waals surface area (Å²) in [7, 11) is 0.937. The highest BCUT2D eigenvalue weighted by Crippen LogP contribution is 2.38. The number of rotatable bonds is 7. The van der Waals surface area contributed by atoms with Crippen molar-refractivity contribution in [2.24, 2.45) is 0 Å². The number of carbonyl (C=O) groups is 2. The van der Waals surface area contributed by atoms with Gasteiger partial charge in [-0.25, -0.2) is 9.59 Å². The Hall–Kier alpha value is -3.24. The van der Waals surface area contributed by atoms with Crippen molar-refractivity contribution in [2.45, 2.75) is 55.8 Å². The molecule has 5 N–H and O–H groups in total. The smallest absolute Gasteiger partial charge is 0.417 e. The van der Waals surface area contributed by atoms with Crippen molar-refractivity contribution >= 4 is 22.8 Å². The molecule has 6 atom stereocenters. The Balaban J connectivity index is 2.08. The molecule has 12 nitrogen and oxygen atoms in total. The van der Waals surface area contributed by atoms with Gasteiger partial charge in [-0.3, -0.25) is 4.79 Å².